The molecule has 1 aliphatic heterocycles. The summed E-state index contributed by atoms with van der Waals surface area (Å²) in [4.78, 5) is 18.3. The van der Waals surface area contributed by atoms with Crippen LogP contribution in [0.3, 0.4) is 0 Å². The monoisotopic (exact) mass is 325 g/mol. The van der Waals surface area contributed by atoms with Crippen LogP contribution in [0.15, 0.2) is 5.38 Å². The molecule has 0 atom stereocenters. The van der Waals surface area contributed by atoms with Crippen molar-refractivity contribution in [3.8, 4) is 0 Å². The Morgan fingerprint density at radius 2 is 2.14 bits per heavy atom. The predicted octanol–water partition coefficient (Wildman–Crippen LogP) is 2.98. The van der Waals surface area contributed by atoms with Gasteiger partial charge in [-0.15, -0.1) is 11.3 Å². The highest BCUT2D eigenvalue weighted by Crippen LogP contribution is 2.15. The normalized spacial score (nSPS) is 16.8. The first-order valence-electron chi connectivity index (χ1n) is 7.96. The van der Waals surface area contributed by atoms with E-state index in [1.165, 1.54) is 5.69 Å². The summed E-state index contributed by atoms with van der Waals surface area (Å²) in [6.07, 6.45) is 2.74. The zero-order valence-electron chi connectivity index (χ0n) is 14.0. The number of piperidine rings is 1. The van der Waals surface area contributed by atoms with Gasteiger partial charge in [-0.2, -0.15) is 0 Å². The minimum absolute atomic E-state index is 0.191. The third kappa shape index (κ3) is 5.57. The van der Waals surface area contributed by atoms with Gasteiger partial charge in [0.2, 0.25) is 0 Å². The fourth-order valence-electron chi connectivity index (χ4n) is 2.52. The molecule has 1 saturated heterocycles. The van der Waals surface area contributed by atoms with E-state index in [9.17, 15) is 4.79 Å². The Labute approximate surface area is 137 Å². The maximum absolute atomic E-state index is 12.0. The Bertz CT molecular complexity index is 488. The van der Waals surface area contributed by atoms with Crippen molar-refractivity contribution >= 4 is 17.4 Å². The number of hydrogen-bond acceptors (Lipinski definition) is 5. The van der Waals surface area contributed by atoms with E-state index < -0.39 is 5.60 Å². The Balaban J connectivity index is 1.65. The number of rotatable bonds is 4. The average Bonchev–Trinajstić information content (AvgIpc) is 2.83. The molecule has 1 amide bonds. The molecule has 0 aromatic carbocycles. The highest BCUT2D eigenvalue weighted by atomic mass is 32.1. The van der Waals surface area contributed by atoms with Crippen molar-refractivity contribution in [3.63, 3.8) is 0 Å². The molecule has 1 aromatic heterocycles. The standard InChI is InChI=1S/C16H27N3O2S/c1-12-18-14(11-22-12)5-8-17-13-6-9-19(10-7-13)15(20)21-16(2,3)4/h11,13,17H,5-10H2,1-4H3. The van der Waals surface area contributed by atoms with Crippen LogP contribution in [-0.2, 0) is 11.2 Å². The van der Waals surface area contributed by atoms with Crippen LogP contribution >= 0.6 is 11.3 Å². The van der Waals surface area contributed by atoms with E-state index >= 15 is 0 Å². The number of carbonyl (C=O) groups is 1. The van der Waals surface area contributed by atoms with Gasteiger partial charge in [-0.05, 0) is 40.5 Å². The van der Waals surface area contributed by atoms with Crippen molar-refractivity contribution in [2.75, 3.05) is 19.6 Å². The van der Waals surface area contributed by atoms with Crippen molar-refractivity contribution in [2.24, 2.45) is 0 Å². The van der Waals surface area contributed by atoms with E-state index in [-0.39, 0.29) is 6.09 Å². The van der Waals surface area contributed by atoms with Crippen molar-refractivity contribution < 1.29 is 9.53 Å². The molecule has 5 nitrogen and oxygen atoms in total. The lowest BCUT2D eigenvalue weighted by atomic mass is 10.1. The first kappa shape index (κ1) is 17.2. The van der Waals surface area contributed by atoms with Crippen molar-refractivity contribution in [3.05, 3.63) is 16.1 Å². The highest BCUT2D eigenvalue weighted by Gasteiger charge is 2.26. The van der Waals surface area contributed by atoms with Crippen molar-refractivity contribution in [2.45, 2.75) is 58.6 Å². The van der Waals surface area contributed by atoms with Gasteiger partial charge < -0.3 is 15.0 Å². The number of likely N-dealkylation sites (tertiary alicyclic amines) is 1. The molecule has 1 aliphatic rings. The van der Waals surface area contributed by atoms with Crippen LogP contribution < -0.4 is 5.32 Å². The summed E-state index contributed by atoms with van der Waals surface area (Å²) < 4.78 is 5.41. The van der Waals surface area contributed by atoms with E-state index in [0.29, 0.717) is 6.04 Å². The van der Waals surface area contributed by atoms with Crippen LogP contribution in [0.1, 0.15) is 44.3 Å². The van der Waals surface area contributed by atoms with Gasteiger partial charge in [0.25, 0.3) is 0 Å². The molecule has 2 rings (SSSR count). The molecule has 1 aromatic rings. The summed E-state index contributed by atoms with van der Waals surface area (Å²) >= 11 is 1.70. The van der Waals surface area contributed by atoms with Crippen molar-refractivity contribution in [1.29, 1.82) is 0 Å². The molecule has 0 spiro atoms. The number of hydrogen-bond donors (Lipinski definition) is 1. The van der Waals surface area contributed by atoms with E-state index in [1.54, 1.807) is 11.3 Å². The summed E-state index contributed by atoms with van der Waals surface area (Å²) in [7, 11) is 0. The van der Waals surface area contributed by atoms with Gasteiger partial charge in [0.1, 0.15) is 5.60 Å². The molecule has 1 fully saturated rings. The van der Waals surface area contributed by atoms with Gasteiger partial charge >= 0.3 is 6.09 Å². The maximum Gasteiger partial charge on any atom is 0.410 e. The van der Waals surface area contributed by atoms with Gasteiger partial charge in [-0.25, -0.2) is 9.78 Å². The number of thiazole rings is 1. The van der Waals surface area contributed by atoms with Gasteiger partial charge in [-0.1, -0.05) is 0 Å². The second kappa shape index (κ2) is 7.42. The molecular formula is C16H27N3O2S. The fraction of sp³-hybridized carbons (Fsp3) is 0.750. The topological polar surface area (TPSA) is 54.5 Å². The number of aromatic nitrogens is 1. The lowest BCUT2D eigenvalue weighted by Gasteiger charge is -2.33. The third-order valence-electron chi connectivity index (χ3n) is 3.63. The van der Waals surface area contributed by atoms with Crippen molar-refractivity contribution in [1.82, 2.24) is 15.2 Å². The fourth-order valence-corrected chi connectivity index (χ4v) is 3.17. The van der Waals surface area contributed by atoms with Crippen LogP contribution in [0, 0.1) is 6.92 Å². The number of ether oxygens (including phenoxy) is 1. The highest BCUT2D eigenvalue weighted by molar-refractivity contribution is 7.09. The lowest BCUT2D eigenvalue weighted by Crippen LogP contribution is -2.46. The van der Waals surface area contributed by atoms with Gasteiger partial charge in [0.05, 0.1) is 10.7 Å². The Hall–Kier alpha value is -1.14. The molecule has 22 heavy (non-hydrogen) atoms. The summed E-state index contributed by atoms with van der Waals surface area (Å²) in [5.74, 6) is 0. The van der Waals surface area contributed by atoms with Crippen LogP contribution in [0.5, 0.6) is 0 Å². The second-order valence-electron chi connectivity index (χ2n) is 6.80. The van der Waals surface area contributed by atoms with E-state index in [0.717, 1.165) is 43.9 Å². The minimum Gasteiger partial charge on any atom is -0.444 e. The molecule has 6 heteroatoms. The Morgan fingerprint density at radius 3 is 2.68 bits per heavy atom. The molecule has 0 aliphatic carbocycles. The molecule has 1 N–H and O–H groups in total. The first-order valence-corrected chi connectivity index (χ1v) is 8.84. The Kier molecular flexibility index (Phi) is 5.81. The average molecular weight is 325 g/mol. The summed E-state index contributed by atoms with van der Waals surface area (Å²) in [5, 5.41) is 6.83. The lowest BCUT2D eigenvalue weighted by molar-refractivity contribution is 0.0198. The van der Waals surface area contributed by atoms with E-state index in [2.05, 4.69) is 15.7 Å². The number of nitrogens with zero attached hydrogens (tertiary/aromatic N) is 2. The smallest absolute Gasteiger partial charge is 0.410 e. The number of carbonyl (C=O) groups excluding carboxylic acids is 1. The predicted molar refractivity (Wildman–Crippen MR) is 89.4 cm³/mol. The first-order chi connectivity index (χ1) is 10.3. The number of aryl methyl sites for hydroxylation is 1. The van der Waals surface area contributed by atoms with Gasteiger partial charge in [0, 0.05) is 37.5 Å². The van der Waals surface area contributed by atoms with Gasteiger partial charge in [-0.3, -0.25) is 0 Å². The van der Waals surface area contributed by atoms with Crippen LogP contribution in [0.25, 0.3) is 0 Å². The quantitative estimate of drug-likeness (QED) is 0.924. The SMILES string of the molecule is Cc1nc(CCNC2CCN(C(=O)OC(C)(C)C)CC2)cs1. The number of nitrogens with one attached hydrogen (secondary N) is 1. The molecular weight excluding hydrogens is 298 g/mol. The van der Waals surface area contributed by atoms with E-state index in [1.807, 2.05) is 32.6 Å². The minimum atomic E-state index is -0.419. The third-order valence-corrected chi connectivity index (χ3v) is 4.45. The van der Waals surface area contributed by atoms with E-state index in [4.69, 9.17) is 4.74 Å². The molecule has 0 unspecified atom stereocenters. The summed E-state index contributed by atoms with van der Waals surface area (Å²) in [5.41, 5.74) is 0.749. The molecule has 2 heterocycles. The van der Waals surface area contributed by atoms with Gasteiger partial charge in [0.15, 0.2) is 0 Å². The number of amides is 1. The Morgan fingerprint density at radius 1 is 1.45 bits per heavy atom. The zero-order chi connectivity index (χ0) is 16.2. The molecule has 0 radical (unpaired) electrons. The maximum atomic E-state index is 12.0. The van der Waals surface area contributed by atoms with Crippen LogP contribution in [0.2, 0.25) is 0 Å². The van der Waals surface area contributed by atoms with Crippen LogP contribution in [-0.4, -0.2) is 47.3 Å². The summed E-state index contributed by atoms with van der Waals surface area (Å²) in [6.45, 7) is 10.2. The largest absolute Gasteiger partial charge is 0.444 e. The summed E-state index contributed by atoms with van der Waals surface area (Å²) in [6, 6.07) is 0.485. The molecule has 0 bridgehead atoms. The zero-order valence-corrected chi connectivity index (χ0v) is 14.8. The molecule has 124 valence electrons. The molecule has 0 saturated carbocycles. The van der Waals surface area contributed by atoms with Crippen LogP contribution in [0.4, 0.5) is 4.79 Å². The second-order valence-corrected chi connectivity index (χ2v) is 7.87.